The van der Waals surface area contributed by atoms with Gasteiger partial charge in [-0.2, -0.15) is 0 Å². The number of aromatic hydroxyl groups is 1. The number of hydrogen-bond donors (Lipinski definition) is 2. The molecule has 1 aromatic heterocycles. The van der Waals surface area contributed by atoms with Crippen molar-refractivity contribution in [3.8, 4) is 5.75 Å². The zero-order chi connectivity index (χ0) is 18.5. The van der Waals surface area contributed by atoms with Crippen LogP contribution in [0, 0.1) is 5.82 Å². The molecule has 0 amide bonds. The van der Waals surface area contributed by atoms with E-state index >= 15 is 0 Å². The van der Waals surface area contributed by atoms with Crippen LogP contribution in [-0.4, -0.2) is 42.5 Å². The summed E-state index contributed by atoms with van der Waals surface area (Å²) in [5, 5.41) is 10.3. The average Bonchev–Trinajstić information content (AvgIpc) is 2.63. The van der Waals surface area contributed by atoms with Gasteiger partial charge in [0.05, 0.1) is 25.3 Å². The summed E-state index contributed by atoms with van der Waals surface area (Å²) in [4.78, 5) is 14.2. The molecule has 1 saturated heterocycles. The van der Waals surface area contributed by atoms with Gasteiger partial charge in [0.1, 0.15) is 24.7 Å². The van der Waals surface area contributed by atoms with Crippen molar-refractivity contribution in [2.24, 2.45) is 0 Å². The predicted molar refractivity (Wildman–Crippen MR) is 97.6 cm³/mol. The molecule has 0 radical (unpaired) electrons. The smallest absolute Gasteiger partial charge is 0.257 e. The van der Waals surface area contributed by atoms with E-state index in [1.807, 2.05) is 0 Å². The molecule has 0 atom stereocenters. The third kappa shape index (κ3) is 4.44. The zero-order valence-corrected chi connectivity index (χ0v) is 15.3. The first-order valence-electron chi connectivity index (χ1n) is 8.81. The van der Waals surface area contributed by atoms with Crippen molar-refractivity contribution in [3.63, 3.8) is 0 Å². The lowest BCUT2D eigenvalue weighted by molar-refractivity contribution is -0.908. The Labute approximate surface area is 156 Å². The molecule has 0 unspecified atom stereocenters. The second kappa shape index (κ2) is 8.66. The molecule has 140 valence electrons. The summed E-state index contributed by atoms with van der Waals surface area (Å²) in [6, 6.07) is 5.86. The molecule has 3 rings (SSSR count). The van der Waals surface area contributed by atoms with Crippen molar-refractivity contribution in [3.05, 3.63) is 62.8 Å². The number of rotatable bonds is 6. The lowest BCUT2D eigenvalue weighted by atomic mass is 10.0. The Morgan fingerprint density at radius 1 is 1.23 bits per heavy atom. The molecule has 5 nitrogen and oxygen atoms in total. The van der Waals surface area contributed by atoms with Gasteiger partial charge in [0.2, 0.25) is 0 Å². The van der Waals surface area contributed by atoms with E-state index < -0.39 is 5.82 Å². The number of aromatic nitrogens is 1. The molecular formula is C19H23ClFN2O3+. The number of ether oxygens (including phenoxy) is 1. The van der Waals surface area contributed by atoms with Crippen LogP contribution >= 0.6 is 11.6 Å². The van der Waals surface area contributed by atoms with E-state index in [-0.39, 0.29) is 33.9 Å². The molecule has 0 bridgehead atoms. The van der Waals surface area contributed by atoms with Gasteiger partial charge in [0.25, 0.3) is 5.56 Å². The van der Waals surface area contributed by atoms with Crippen LogP contribution in [0.1, 0.15) is 17.5 Å². The molecule has 2 N–H and O–H groups in total. The highest BCUT2D eigenvalue weighted by Crippen LogP contribution is 2.24. The number of morpholine rings is 1. The lowest BCUT2D eigenvalue weighted by Crippen LogP contribution is -3.14. The molecule has 0 saturated carbocycles. The van der Waals surface area contributed by atoms with Gasteiger partial charge in [0, 0.05) is 36.2 Å². The number of nitrogens with zero attached hydrogens (tertiary/aromatic N) is 1. The summed E-state index contributed by atoms with van der Waals surface area (Å²) < 4.78 is 20.9. The molecule has 1 aromatic carbocycles. The molecule has 1 fully saturated rings. The average molecular weight is 382 g/mol. The Bertz CT molecular complexity index is 799. The normalized spacial score (nSPS) is 15.3. The molecule has 1 aliphatic rings. The quantitative estimate of drug-likeness (QED) is 0.791. The van der Waals surface area contributed by atoms with Gasteiger partial charge in [-0.25, -0.2) is 4.39 Å². The van der Waals surface area contributed by atoms with Crippen LogP contribution in [0.25, 0.3) is 0 Å². The third-order valence-corrected chi connectivity index (χ3v) is 5.14. The first-order chi connectivity index (χ1) is 12.6. The molecule has 7 heteroatoms. The van der Waals surface area contributed by atoms with Crippen molar-refractivity contribution in [2.45, 2.75) is 19.4 Å². The second-order valence-electron chi connectivity index (χ2n) is 6.52. The van der Waals surface area contributed by atoms with E-state index in [0.717, 1.165) is 39.3 Å². The maximum atomic E-state index is 14.0. The van der Waals surface area contributed by atoms with E-state index in [1.54, 1.807) is 16.8 Å². The first kappa shape index (κ1) is 18.9. The SMILES string of the molecule is O=c1c(Cc2c(F)cccc2Cl)c(O)ccn1CCC[NH+]1CCOCC1. The van der Waals surface area contributed by atoms with Gasteiger partial charge in [-0.3, -0.25) is 4.79 Å². The fourth-order valence-corrected chi connectivity index (χ4v) is 3.47. The van der Waals surface area contributed by atoms with E-state index in [0.29, 0.717) is 6.54 Å². The number of aryl methyl sites for hydroxylation is 1. The van der Waals surface area contributed by atoms with Gasteiger partial charge in [-0.1, -0.05) is 17.7 Å². The minimum atomic E-state index is -0.484. The number of benzene rings is 1. The molecule has 26 heavy (non-hydrogen) atoms. The van der Waals surface area contributed by atoms with Crippen molar-refractivity contribution < 1.29 is 19.1 Å². The van der Waals surface area contributed by atoms with Crippen LogP contribution in [0.2, 0.25) is 5.02 Å². The maximum Gasteiger partial charge on any atom is 0.257 e. The number of pyridine rings is 1. The lowest BCUT2D eigenvalue weighted by Gasteiger charge is -2.23. The van der Waals surface area contributed by atoms with E-state index in [4.69, 9.17) is 16.3 Å². The summed E-state index contributed by atoms with van der Waals surface area (Å²) in [5.41, 5.74) is 0.0802. The molecular weight excluding hydrogens is 359 g/mol. The van der Waals surface area contributed by atoms with E-state index in [1.165, 1.54) is 23.1 Å². The summed E-state index contributed by atoms with van der Waals surface area (Å²) in [6.07, 6.45) is 2.39. The number of nitrogens with one attached hydrogen (secondary N) is 1. The fourth-order valence-electron chi connectivity index (χ4n) is 3.24. The topological polar surface area (TPSA) is 55.9 Å². The van der Waals surface area contributed by atoms with Crippen LogP contribution in [0.4, 0.5) is 4.39 Å². The summed E-state index contributed by atoms with van der Waals surface area (Å²) in [5.74, 6) is -0.619. The van der Waals surface area contributed by atoms with Crippen LogP contribution in [0.15, 0.2) is 35.3 Å². The fraction of sp³-hybridized carbons (Fsp3) is 0.421. The molecule has 2 aromatic rings. The Balaban J connectivity index is 1.73. The molecule has 0 aliphatic carbocycles. The Morgan fingerprint density at radius 2 is 2.00 bits per heavy atom. The van der Waals surface area contributed by atoms with Gasteiger partial charge in [-0.15, -0.1) is 0 Å². The van der Waals surface area contributed by atoms with Gasteiger partial charge >= 0.3 is 0 Å². The van der Waals surface area contributed by atoms with Crippen molar-refractivity contribution >= 4 is 11.6 Å². The second-order valence-corrected chi connectivity index (χ2v) is 6.93. The van der Waals surface area contributed by atoms with Gasteiger partial charge in [0.15, 0.2) is 0 Å². The molecule has 2 heterocycles. The van der Waals surface area contributed by atoms with Crippen LogP contribution in [0.3, 0.4) is 0 Å². The number of quaternary nitrogens is 1. The number of hydrogen-bond acceptors (Lipinski definition) is 3. The highest BCUT2D eigenvalue weighted by Gasteiger charge is 2.16. The first-order valence-corrected chi connectivity index (χ1v) is 9.19. The Hall–Kier alpha value is -1.89. The highest BCUT2D eigenvalue weighted by atomic mass is 35.5. The van der Waals surface area contributed by atoms with Crippen molar-refractivity contribution in [2.75, 3.05) is 32.8 Å². The maximum absolute atomic E-state index is 14.0. The largest absolute Gasteiger partial charge is 0.507 e. The highest BCUT2D eigenvalue weighted by molar-refractivity contribution is 6.31. The van der Waals surface area contributed by atoms with E-state index in [9.17, 15) is 14.3 Å². The van der Waals surface area contributed by atoms with Crippen molar-refractivity contribution in [1.82, 2.24) is 4.57 Å². The van der Waals surface area contributed by atoms with Crippen LogP contribution in [0.5, 0.6) is 5.75 Å². The minimum Gasteiger partial charge on any atom is -0.507 e. The predicted octanol–water partition coefficient (Wildman–Crippen LogP) is 1.24. The standard InChI is InChI=1S/C19H22ClFN2O3/c20-16-3-1-4-17(21)14(16)13-15-18(24)5-8-23(19(15)25)7-2-6-22-9-11-26-12-10-22/h1,3-5,8,24H,2,6-7,9-13H2/p+1. The third-order valence-electron chi connectivity index (χ3n) is 4.79. The molecule has 1 aliphatic heterocycles. The van der Waals surface area contributed by atoms with Gasteiger partial charge in [-0.05, 0) is 18.2 Å². The van der Waals surface area contributed by atoms with E-state index in [2.05, 4.69) is 0 Å². The van der Waals surface area contributed by atoms with Crippen LogP contribution in [-0.2, 0) is 17.7 Å². The Kier molecular flexibility index (Phi) is 6.29. The van der Waals surface area contributed by atoms with Crippen LogP contribution < -0.4 is 10.5 Å². The van der Waals surface area contributed by atoms with Gasteiger partial charge < -0.3 is 19.3 Å². The summed E-state index contributed by atoms with van der Waals surface area (Å²) in [6.45, 7) is 5.06. The number of halogens is 2. The Morgan fingerprint density at radius 3 is 2.73 bits per heavy atom. The zero-order valence-electron chi connectivity index (χ0n) is 14.5. The molecule has 0 spiro atoms. The summed E-state index contributed by atoms with van der Waals surface area (Å²) in [7, 11) is 0. The summed E-state index contributed by atoms with van der Waals surface area (Å²) >= 11 is 6.05. The minimum absolute atomic E-state index is 0.0360. The van der Waals surface area contributed by atoms with Crippen molar-refractivity contribution in [1.29, 1.82) is 0 Å². The monoisotopic (exact) mass is 381 g/mol.